The zero-order valence-corrected chi connectivity index (χ0v) is 38.0. The summed E-state index contributed by atoms with van der Waals surface area (Å²) in [6.45, 7) is 33.0. The maximum absolute atomic E-state index is 14.1. The van der Waals surface area contributed by atoms with Gasteiger partial charge >= 0.3 is 0 Å². The van der Waals surface area contributed by atoms with Crippen LogP contribution in [0.3, 0.4) is 0 Å². The van der Waals surface area contributed by atoms with Crippen LogP contribution in [0, 0.1) is 13.8 Å². The van der Waals surface area contributed by atoms with Gasteiger partial charge in [-0.3, -0.25) is 9.59 Å². The van der Waals surface area contributed by atoms with Gasteiger partial charge in [0.2, 0.25) is 11.6 Å². The Bertz CT molecular complexity index is 1940. The van der Waals surface area contributed by atoms with Gasteiger partial charge in [0.1, 0.15) is 0 Å². The molecule has 0 saturated carbocycles. The number of allylic oxidation sites excluding steroid dienone is 2. The van der Waals surface area contributed by atoms with Gasteiger partial charge in [0, 0.05) is 20.9 Å². The number of rotatable bonds is 6. The van der Waals surface area contributed by atoms with Gasteiger partial charge in [-0.2, -0.15) is 0 Å². The van der Waals surface area contributed by atoms with Crippen LogP contribution in [0.5, 0.6) is 0 Å². The second-order valence-corrected chi connectivity index (χ2v) is 40.9. The smallest absolute Gasteiger partial charge is 0.202 e. The number of benzene rings is 4. The molecule has 2 heterocycles. The van der Waals surface area contributed by atoms with Crippen LogP contribution in [-0.4, -0.2) is 43.9 Å². The Morgan fingerprint density at radius 3 is 0.900 bits per heavy atom. The number of ketones is 2. The lowest BCUT2D eigenvalue weighted by atomic mass is 9.96. The first kappa shape index (κ1) is 37.3. The third-order valence-electron chi connectivity index (χ3n) is 10.1. The molecular formula is C42H52O2S2Si4. The minimum Gasteiger partial charge on any atom is -0.288 e. The fraction of sp³-hybridized carbons (Fsp3) is 0.333. The molecule has 2 aliphatic rings. The van der Waals surface area contributed by atoms with E-state index in [1.54, 1.807) is 0 Å². The van der Waals surface area contributed by atoms with Crippen molar-refractivity contribution in [2.45, 2.75) is 102 Å². The van der Waals surface area contributed by atoms with Crippen molar-refractivity contribution < 1.29 is 9.59 Å². The maximum atomic E-state index is 14.1. The summed E-state index contributed by atoms with van der Waals surface area (Å²) in [6, 6.07) is 23.2. The predicted molar refractivity (Wildman–Crippen MR) is 233 cm³/mol. The average molecular weight is 765 g/mol. The first-order chi connectivity index (χ1) is 22.9. The number of Topliss-reactive ketones (excluding diaryl/α,β-unsaturated/α-hetero) is 2. The molecule has 8 heteroatoms. The molecule has 0 saturated heterocycles. The second kappa shape index (κ2) is 12.6. The van der Waals surface area contributed by atoms with Gasteiger partial charge in [-0.25, -0.2) is 0 Å². The maximum Gasteiger partial charge on any atom is 0.202 e. The van der Waals surface area contributed by atoms with E-state index in [1.165, 1.54) is 55.4 Å². The van der Waals surface area contributed by atoms with Crippen molar-refractivity contribution in [2.75, 3.05) is 0 Å². The van der Waals surface area contributed by atoms with E-state index < -0.39 is 32.3 Å². The van der Waals surface area contributed by atoms with E-state index in [2.05, 4.69) is 139 Å². The number of fused-ring (bicyclic) bond motifs is 2. The van der Waals surface area contributed by atoms with Gasteiger partial charge in [0.25, 0.3) is 0 Å². The van der Waals surface area contributed by atoms with Crippen molar-refractivity contribution in [3.63, 3.8) is 0 Å². The minimum absolute atomic E-state index is 0.0168. The monoisotopic (exact) mass is 764 g/mol. The zero-order chi connectivity index (χ0) is 36.9. The number of hydrogen-bond acceptors (Lipinski definition) is 4. The molecule has 0 aliphatic carbocycles. The molecule has 0 atom stereocenters. The third kappa shape index (κ3) is 7.00. The van der Waals surface area contributed by atoms with Gasteiger partial charge < -0.3 is 0 Å². The number of hydrogen-bond donors (Lipinski definition) is 0. The van der Waals surface area contributed by atoms with Gasteiger partial charge in [-0.1, -0.05) is 171 Å². The Kier molecular flexibility index (Phi) is 9.39. The second-order valence-electron chi connectivity index (χ2n) is 18.5. The lowest BCUT2D eigenvalue weighted by molar-refractivity contribution is 0.101. The number of carbonyl (C=O) groups excluding carboxylic acids is 2. The molecule has 6 rings (SSSR count). The van der Waals surface area contributed by atoms with Crippen LogP contribution in [0.4, 0.5) is 0 Å². The minimum atomic E-state index is -1.56. The van der Waals surface area contributed by atoms with Crippen LogP contribution in [0.1, 0.15) is 31.8 Å². The lowest BCUT2D eigenvalue weighted by Gasteiger charge is -2.24. The predicted octanol–water partition coefficient (Wildman–Crippen LogP) is 10.3. The van der Waals surface area contributed by atoms with Gasteiger partial charge in [0.05, 0.1) is 42.1 Å². The van der Waals surface area contributed by atoms with E-state index >= 15 is 0 Å². The highest BCUT2D eigenvalue weighted by molar-refractivity contribution is 8.08. The Labute approximate surface area is 313 Å². The number of carbonyl (C=O) groups is 2. The number of thioether (sulfide) groups is 2. The van der Waals surface area contributed by atoms with Crippen molar-refractivity contribution in [3.05, 3.63) is 92.7 Å². The van der Waals surface area contributed by atoms with Gasteiger partial charge in [-0.05, 0) is 59.4 Å². The highest BCUT2D eigenvalue weighted by Gasteiger charge is 2.38. The Morgan fingerprint density at radius 1 is 0.380 bits per heavy atom. The van der Waals surface area contributed by atoms with Gasteiger partial charge in [-0.15, -0.1) is 0 Å². The molecule has 4 aromatic carbocycles. The largest absolute Gasteiger partial charge is 0.288 e. The highest BCUT2D eigenvalue weighted by atomic mass is 32.2. The molecule has 2 aliphatic heterocycles. The van der Waals surface area contributed by atoms with Crippen molar-refractivity contribution in [2.24, 2.45) is 0 Å². The molecule has 0 amide bonds. The van der Waals surface area contributed by atoms with Crippen molar-refractivity contribution >= 4 is 88.1 Å². The van der Waals surface area contributed by atoms with E-state index in [0.717, 1.165) is 43.2 Å². The topological polar surface area (TPSA) is 34.1 Å². The summed E-state index contributed by atoms with van der Waals surface area (Å²) >= 11 is 2.98. The molecule has 4 aromatic rings. The highest BCUT2D eigenvalue weighted by Crippen LogP contribution is 2.52. The molecule has 0 aromatic heterocycles. The Hall–Kier alpha value is -2.47. The third-order valence-corrected chi connectivity index (χ3v) is 20.6. The molecule has 0 radical (unpaired) electrons. The van der Waals surface area contributed by atoms with E-state index in [0.29, 0.717) is 9.81 Å². The summed E-state index contributed by atoms with van der Waals surface area (Å²) in [7, 11) is -6.22. The normalized spacial score (nSPS) is 16.7. The van der Waals surface area contributed by atoms with Crippen LogP contribution in [0.15, 0.2) is 80.3 Å². The van der Waals surface area contributed by atoms with Crippen LogP contribution >= 0.6 is 23.5 Å². The molecule has 0 fully saturated rings. The first-order valence-corrected chi connectivity index (χ1v) is 33.4. The van der Waals surface area contributed by atoms with Crippen molar-refractivity contribution in [3.8, 4) is 22.3 Å². The molecule has 0 spiro atoms. The van der Waals surface area contributed by atoms with Crippen molar-refractivity contribution in [1.29, 1.82) is 0 Å². The summed E-state index contributed by atoms with van der Waals surface area (Å²) in [5.41, 5.74) is 8.23. The summed E-state index contributed by atoms with van der Waals surface area (Å²) < 4.78 is 0. The fourth-order valence-electron chi connectivity index (χ4n) is 6.75. The Morgan fingerprint density at radius 2 is 0.640 bits per heavy atom. The first-order valence-electron chi connectivity index (χ1n) is 17.7. The molecule has 0 N–H and O–H groups in total. The molecule has 50 heavy (non-hydrogen) atoms. The molecule has 0 unspecified atom stereocenters. The summed E-state index contributed by atoms with van der Waals surface area (Å²) in [4.78, 5) is 31.3. The molecular weight excluding hydrogens is 713 g/mol. The standard InChI is InChI=1S/C42H52O2S2Si4/c1-25-15-27(29-17-31(47(3,4)5)23-32(18-29)48(6,7)8)21-35-37(25)39(43)41(45-35)42-40(44)38-26(2)16-28(22-36(38)46-42)30-19-33(49(9,10)11)24-34(20-30)50(12,13)14/h15-24H,1-14H3/b42-41+. The molecule has 260 valence electrons. The van der Waals surface area contributed by atoms with Crippen LogP contribution in [0.2, 0.25) is 78.6 Å². The van der Waals surface area contributed by atoms with E-state index in [-0.39, 0.29) is 11.6 Å². The molecule has 0 bridgehead atoms. The molecule has 2 nitrogen and oxygen atoms in total. The van der Waals surface area contributed by atoms with Crippen LogP contribution < -0.4 is 20.7 Å². The lowest BCUT2D eigenvalue weighted by Crippen LogP contribution is -2.45. The fourth-order valence-corrected chi connectivity index (χ4v) is 14.3. The van der Waals surface area contributed by atoms with Crippen LogP contribution in [0.25, 0.3) is 22.3 Å². The van der Waals surface area contributed by atoms with E-state index in [1.807, 2.05) is 13.8 Å². The van der Waals surface area contributed by atoms with E-state index in [9.17, 15) is 9.59 Å². The summed E-state index contributed by atoms with van der Waals surface area (Å²) in [5, 5.41) is 5.89. The average Bonchev–Trinajstić information content (AvgIpc) is 3.51. The van der Waals surface area contributed by atoms with Crippen molar-refractivity contribution in [1.82, 2.24) is 0 Å². The Balaban J connectivity index is 1.40. The van der Waals surface area contributed by atoms with Crippen LogP contribution in [-0.2, 0) is 0 Å². The van der Waals surface area contributed by atoms with E-state index in [4.69, 9.17) is 0 Å². The summed E-state index contributed by atoms with van der Waals surface area (Å²) in [5.74, 6) is -0.0336. The summed E-state index contributed by atoms with van der Waals surface area (Å²) in [6.07, 6.45) is 0. The quantitative estimate of drug-likeness (QED) is 0.145. The SMILES string of the molecule is Cc1cc(-c2cc([Si](C)(C)C)cc([Si](C)(C)C)c2)cc2c1C(=O)/C(=C1\Sc3cc(-c4cc([Si](C)(C)C)cc([Si](C)(C)C)c4)cc(C)c3C1=O)S2. The van der Waals surface area contributed by atoms with Gasteiger partial charge in [0.15, 0.2) is 0 Å². The number of aryl methyl sites for hydroxylation is 2. The zero-order valence-electron chi connectivity index (χ0n) is 32.4.